The van der Waals surface area contributed by atoms with Gasteiger partial charge in [0.1, 0.15) is 0 Å². The van der Waals surface area contributed by atoms with Gasteiger partial charge in [0.15, 0.2) is 5.82 Å². The van der Waals surface area contributed by atoms with Crippen molar-refractivity contribution in [2.45, 2.75) is 26.2 Å². The summed E-state index contributed by atoms with van der Waals surface area (Å²) in [6.07, 6.45) is 0.591. The SMILES string of the molecule is CC(C)c1cc(N2CC(CS)CC2=O)n[nH]1. The highest BCUT2D eigenvalue weighted by molar-refractivity contribution is 7.80. The van der Waals surface area contributed by atoms with Crippen LogP contribution in [0.3, 0.4) is 0 Å². The Kier molecular flexibility index (Phi) is 3.23. The minimum Gasteiger partial charge on any atom is -0.295 e. The van der Waals surface area contributed by atoms with Gasteiger partial charge in [0.25, 0.3) is 0 Å². The van der Waals surface area contributed by atoms with Gasteiger partial charge in [-0.2, -0.15) is 17.7 Å². The molecule has 1 aliphatic heterocycles. The summed E-state index contributed by atoms with van der Waals surface area (Å²) in [6.45, 7) is 4.93. The first kappa shape index (κ1) is 11.5. The third-order valence-electron chi connectivity index (χ3n) is 2.95. The zero-order valence-electron chi connectivity index (χ0n) is 9.60. The number of thiol groups is 1. The summed E-state index contributed by atoms with van der Waals surface area (Å²) in [6, 6.07) is 1.96. The second-order valence-electron chi connectivity index (χ2n) is 4.59. The van der Waals surface area contributed by atoms with E-state index in [2.05, 4.69) is 36.7 Å². The van der Waals surface area contributed by atoms with Crippen LogP contribution in [0.25, 0.3) is 0 Å². The molecule has 1 atom stereocenters. The van der Waals surface area contributed by atoms with Crippen LogP contribution in [0.1, 0.15) is 31.9 Å². The number of aromatic nitrogens is 2. The van der Waals surface area contributed by atoms with E-state index in [1.165, 1.54) is 0 Å². The normalized spacial score (nSPS) is 21.1. The number of hydrogen-bond acceptors (Lipinski definition) is 3. The molecular weight excluding hydrogens is 222 g/mol. The average molecular weight is 239 g/mol. The largest absolute Gasteiger partial charge is 0.295 e. The fourth-order valence-electron chi connectivity index (χ4n) is 1.88. The number of nitrogens with zero attached hydrogens (tertiary/aromatic N) is 2. The molecule has 1 aliphatic rings. The van der Waals surface area contributed by atoms with Crippen LogP contribution in [-0.2, 0) is 4.79 Å². The van der Waals surface area contributed by atoms with E-state index < -0.39 is 0 Å². The highest BCUT2D eigenvalue weighted by atomic mass is 32.1. The van der Waals surface area contributed by atoms with Gasteiger partial charge in [0, 0.05) is 24.7 Å². The molecule has 2 heterocycles. The van der Waals surface area contributed by atoms with Gasteiger partial charge in [0.05, 0.1) is 0 Å². The molecule has 1 saturated heterocycles. The number of amides is 1. The molecule has 0 radical (unpaired) electrons. The molecule has 16 heavy (non-hydrogen) atoms. The number of anilines is 1. The highest BCUT2D eigenvalue weighted by Crippen LogP contribution is 2.26. The van der Waals surface area contributed by atoms with Gasteiger partial charge in [-0.05, 0) is 17.6 Å². The van der Waals surface area contributed by atoms with E-state index in [0.29, 0.717) is 18.3 Å². The smallest absolute Gasteiger partial charge is 0.228 e. The summed E-state index contributed by atoms with van der Waals surface area (Å²) >= 11 is 4.24. The Balaban J connectivity index is 2.15. The molecule has 1 amide bonds. The van der Waals surface area contributed by atoms with E-state index >= 15 is 0 Å². The van der Waals surface area contributed by atoms with Crippen molar-refractivity contribution in [3.8, 4) is 0 Å². The number of rotatable bonds is 3. The molecule has 0 aromatic carbocycles. The van der Waals surface area contributed by atoms with Crippen molar-refractivity contribution in [2.24, 2.45) is 5.92 Å². The lowest BCUT2D eigenvalue weighted by Crippen LogP contribution is -2.24. The Hall–Kier alpha value is -0.970. The van der Waals surface area contributed by atoms with Gasteiger partial charge in [-0.25, -0.2) is 0 Å². The van der Waals surface area contributed by atoms with E-state index in [-0.39, 0.29) is 5.91 Å². The van der Waals surface area contributed by atoms with Crippen LogP contribution in [0.15, 0.2) is 6.07 Å². The fraction of sp³-hybridized carbons (Fsp3) is 0.636. The second-order valence-corrected chi connectivity index (χ2v) is 4.96. The predicted molar refractivity (Wildman–Crippen MR) is 67.0 cm³/mol. The summed E-state index contributed by atoms with van der Waals surface area (Å²) in [5.41, 5.74) is 1.07. The van der Waals surface area contributed by atoms with E-state index in [1.807, 2.05) is 6.07 Å². The number of hydrogen-bond donors (Lipinski definition) is 2. The van der Waals surface area contributed by atoms with Gasteiger partial charge in [0.2, 0.25) is 5.91 Å². The first-order chi connectivity index (χ1) is 7.61. The van der Waals surface area contributed by atoms with Crippen LogP contribution in [0.5, 0.6) is 0 Å². The minimum absolute atomic E-state index is 0.154. The summed E-state index contributed by atoms with van der Waals surface area (Å²) in [4.78, 5) is 13.5. The molecule has 1 aromatic rings. The number of nitrogens with one attached hydrogen (secondary N) is 1. The van der Waals surface area contributed by atoms with Crippen LogP contribution in [0.2, 0.25) is 0 Å². The summed E-state index contributed by atoms with van der Waals surface area (Å²) in [7, 11) is 0. The molecule has 4 nitrogen and oxygen atoms in total. The Labute approximate surface area is 101 Å². The Morgan fingerprint density at radius 1 is 1.69 bits per heavy atom. The van der Waals surface area contributed by atoms with E-state index in [4.69, 9.17) is 0 Å². The Morgan fingerprint density at radius 2 is 2.44 bits per heavy atom. The molecule has 5 heteroatoms. The summed E-state index contributed by atoms with van der Waals surface area (Å²) in [5, 5.41) is 7.17. The van der Waals surface area contributed by atoms with Gasteiger partial charge in [-0.3, -0.25) is 14.8 Å². The van der Waals surface area contributed by atoms with Gasteiger partial charge < -0.3 is 0 Å². The molecule has 1 aromatic heterocycles. The maximum Gasteiger partial charge on any atom is 0.228 e. The van der Waals surface area contributed by atoms with Crippen LogP contribution >= 0.6 is 12.6 Å². The quantitative estimate of drug-likeness (QED) is 0.790. The predicted octanol–water partition coefficient (Wildman–Crippen LogP) is 1.82. The van der Waals surface area contributed by atoms with Crippen LogP contribution < -0.4 is 4.90 Å². The topological polar surface area (TPSA) is 49.0 Å². The van der Waals surface area contributed by atoms with Crippen molar-refractivity contribution >= 4 is 24.4 Å². The standard InChI is InChI=1S/C11H17N3OS/c1-7(2)9-4-10(13-12-9)14-5-8(6-16)3-11(14)15/h4,7-8,16H,3,5-6H2,1-2H3,(H,12,13). The molecule has 1 N–H and O–H groups in total. The van der Waals surface area contributed by atoms with Crippen molar-refractivity contribution in [2.75, 3.05) is 17.2 Å². The van der Waals surface area contributed by atoms with Crippen LogP contribution in [0, 0.1) is 5.92 Å². The monoisotopic (exact) mass is 239 g/mol. The molecule has 88 valence electrons. The van der Waals surface area contributed by atoms with E-state index in [1.54, 1.807) is 4.90 Å². The summed E-state index contributed by atoms with van der Waals surface area (Å²) < 4.78 is 0. The molecule has 0 aliphatic carbocycles. The zero-order valence-corrected chi connectivity index (χ0v) is 10.5. The number of carbonyl (C=O) groups excluding carboxylic acids is 1. The Morgan fingerprint density at radius 3 is 2.94 bits per heavy atom. The van der Waals surface area contributed by atoms with Gasteiger partial charge in [-0.1, -0.05) is 13.8 Å². The van der Waals surface area contributed by atoms with Crippen molar-refractivity contribution in [1.29, 1.82) is 0 Å². The number of carbonyl (C=O) groups is 1. The molecule has 0 saturated carbocycles. The minimum atomic E-state index is 0.154. The molecule has 1 unspecified atom stereocenters. The Bertz CT molecular complexity index is 388. The fourth-order valence-corrected chi connectivity index (χ4v) is 2.13. The zero-order chi connectivity index (χ0) is 11.7. The van der Waals surface area contributed by atoms with Crippen LogP contribution in [-0.4, -0.2) is 28.4 Å². The third kappa shape index (κ3) is 2.09. The lowest BCUT2D eigenvalue weighted by Gasteiger charge is -2.12. The van der Waals surface area contributed by atoms with Crippen molar-refractivity contribution < 1.29 is 4.79 Å². The van der Waals surface area contributed by atoms with E-state index in [0.717, 1.165) is 23.8 Å². The first-order valence-electron chi connectivity index (χ1n) is 5.58. The lowest BCUT2D eigenvalue weighted by atomic mass is 10.1. The average Bonchev–Trinajstić information content (AvgIpc) is 2.83. The van der Waals surface area contributed by atoms with Crippen molar-refractivity contribution in [3.63, 3.8) is 0 Å². The molecule has 0 spiro atoms. The van der Waals surface area contributed by atoms with Crippen molar-refractivity contribution in [3.05, 3.63) is 11.8 Å². The maximum atomic E-state index is 11.8. The maximum absolute atomic E-state index is 11.8. The number of aromatic amines is 1. The van der Waals surface area contributed by atoms with E-state index in [9.17, 15) is 4.79 Å². The molecular formula is C11H17N3OS. The second kappa shape index (κ2) is 4.49. The van der Waals surface area contributed by atoms with Gasteiger partial charge in [-0.15, -0.1) is 0 Å². The molecule has 2 rings (SSSR count). The highest BCUT2D eigenvalue weighted by Gasteiger charge is 2.31. The molecule has 0 bridgehead atoms. The van der Waals surface area contributed by atoms with Crippen LogP contribution in [0.4, 0.5) is 5.82 Å². The number of H-pyrrole nitrogens is 1. The summed E-state index contributed by atoms with van der Waals surface area (Å²) in [5.74, 6) is 2.41. The first-order valence-corrected chi connectivity index (χ1v) is 6.21. The third-order valence-corrected chi connectivity index (χ3v) is 3.46. The van der Waals surface area contributed by atoms with Crippen molar-refractivity contribution in [1.82, 2.24) is 10.2 Å². The molecule has 1 fully saturated rings. The lowest BCUT2D eigenvalue weighted by molar-refractivity contribution is -0.117. The van der Waals surface area contributed by atoms with Gasteiger partial charge >= 0.3 is 0 Å².